The second kappa shape index (κ2) is 8.57. The molecule has 1 atom stereocenters. The van der Waals surface area contributed by atoms with Gasteiger partial charge in [-0.05, 0) is 63.3 Å². The van der Waals surface area contributed by atoms with Crippen molar-refractivity contribution in [2.75, 3.05) is 27.2 Å². The minimum atomic E-state index is -3.64. The highest BCUT2D eigenvalue weighted by Gasteiger charge is 2.23. The van der Waals surface area contributed by atoms with Gasteiger partial charge in [0.15, 0.2) is 0 Å². The molecule has 29 heavy (non-hydrogen) atoms. The molecule has 0 bridgehead atoms. The number of ether oxygens (including phenoxy) is 1. The summed E-state index contributed by atoms with van der Waals surface area (Å²) in [5.41, 5.74) is 3.02. The van der Waals surface area contributed by atoms with Gasteiger partial charge in [0.25, 0.3) is 0 Å². The summed E-state index contributed by atoms with van der Waals surface area (Å²) in [4.78, 5) is 2.28. The van der Waals surface area contributed by atoms with Gasteiger partial charge in [-0.2, -0.15) is 0 Å². The van der Waals surface area contributed by atoms with E-state index in [9.17, 15) is 8.42 Å². The van der Waals surface area contributed by atoms with Crippen molar-refractivity contribution in [1.82, 2.24) is 14.2 Å². The van der Waals surface area contributed by atoms with E-state index in [4.69, 9.17) is 4.74 Å². The molecule has 2 aromatic carbocycles. The number of nitrogens with zero attached hydrogens (tertiary/aromatic N) is 2. The monoisotopic (exact) mass is 415 g/mol. The number of benzene rings is 2. The van der Waals surface area contributed by atoms with Crippen LogP contribution in [-0.4, -0.2) is 45.1 Å². The zero-order valence-corrected chi connectivity index (χ0v) is 18.5. The molecule has 6 nitrogen and oxygen atoms in total. The molecule has 0 spiro atoms. The van der Waals surface area contributed by atoms with Crippen LogP contribution in [-0.2, 0) is 17.1 Å². The molecule has 0 saturated heterocycles. The summed E-state index contributed by atoms with van der Waals surface area (Å²) in [6.07, 6.45) is 2.07. The highest BCUT2D eigenvalue weighted by molar-refractivity contribution is 7.89. The zero-order valence-electron chi connectivity index (χ0n) is 17.6. The van der Waals surface area contributed by atoms with E-state index in [2.05, 4.69) is 27.6 Å². The van der Waals surface area contributed by atoms with E-state index in [1.165, 1.54) is 0 Å². The lowest BCUT2D eigenvalue weighted by atomic mass is 10.1. The number of hydrogen-bond acceptors (Lipinski definition) is 4. The van der Waals surface area contributed by atoms with Crippen LogP contribution in [0.5, 0.6) is 5.75 Å². The van der Waals surface area contributed by atoms with Gasteiger partial charge in [0.05, 0.1) is 11.5 Å². The number of aryl methyl sites for hydroxylation is 2. The second-order valence-corrected chi connectivity index (χ2v) is 9.17. The first kappa shape index (κ1) is 21.4. The van der Waals surface area contributed by atoms with E-state index in [1.807, 2.05) is 52.0 Å². The van der Waals surface area contributed by atoms with Crippen molar-refractivity contribution in [3.05, 3.63) is 59.8 Å². The lowest BCUT2D eigenvalue weighted by Gasteiger charge is -2.24. The van der Waals surface area contributed by atoms with Crippen molar-refractivity contribution in [2.24, 2.45) is 7.05 Å². The van der Waals surface area contributed by atoms with Crippen LogP contribution in [0.2, 0.25) is 0 Å². The maximum absolute atomic E-state index is 12.9. The van der Waals surface area contributed by atoms with Crippen LogP contribution >= 0.6 is 0 Å². The summed E-state index contributed by atoms with van der Waals surface area (Å²) >= 11 is 0. The van der Waals surface area contributed by atoms with Crippen LogP contribution in [0.15, 0.2) is 53.6 Å². The van der Waals surface area contributed by atoms with E-state index in [-0.39, 0.29) is 17.5 Å². The molecule has 0 aliphatic carbocycles. The average Bonchev–Trinajstić information content (AvgIpc) is 3.00. The molecule has 7 heteroatoms. The van der Waals surface area contributed by atoms with Gasteiger partial charge >= 0.3 is 0 Å². The molecular weight excluding hydrogens is 386 g/mol. The Labute approximate surface area is 173 Å². The van der Waals surface area contributed by atoms with Crippen molar-refractivity contribution in [3.63, 3.8) is 0 Å². The van der Waals surface area contributed by atoms with Gasteiger partial charge in [-0.15, -0.1) is 0 Å². The largest absolute Gasteiger partial charge is 0.494 e. The standard InChI is InChI=1S/C22H29N3O3S/c1-6-28-22-12-11-17(13-16(22)2)29(26,27)23-14-21(24(3)4)19-15-25(5)20-10-8-7-9-18(19)20/h7-13,15,21,23H,6,14H2,1-5H3. The van der Waals surface area contributed by atoms with Gasteiger partial charge in [-0.1, -0.05) is 18.2 Å². The average molecular weight is 416 g/mol. The molecule has 3 aromatic rings. The Hall–Kier alpha value is -2.35. The Kier molecular flexibility index (Phi) is 6.31. The Balaban J connectivity index is 1.86. The number of likely N-dealkylation sites (N-methyl/N-ethyl adjacent to an activating group) is 1. The Morgan fingerprint density at radius 1 is 1.17 bits per heavy atom. The minimum absolute atomic E-state index is 0.0975. The molecule has 0 saturated carbocycles. The molecule has 3 rings (SSSR count). The first-order chi connectivity index (χ1) is 13.7. The normalized spacial score (nSPS) is 13.2. The SMILES string of the molecule is CCOc1ccc(S(=O)(=O)NCC(c2cn(C)c3ccccc23)N(C)C)cc1C. The maximum Gasteiger partial charge on any atom is 0.240 e. The lowest BCUT2D eigenvalue weighted by molar-refractivity contribution is 0.301. The quantitative estimate of drug-likeness (QED) is 0.612. The first-order valence-corrected chi connectivity index (χ1v) is 11.2. The third kappa shape index (κ3) is 4.47. The summed E-state index contributed by atoms with van der Waals surface area (Å²) < 4.78 is 36.2. The maximum atomic E-state index is 12.9. The van der Waals surface area contributed by atoms with Gasteiger partial charge in [0.1, 0.15) is 5.75 Å². The van der Waals surface area contributed by atoms with Gasteiger partial charge in [0, 0.05) is 36.7 Å². The molecule has 156 valence electrons. The molecule has 0 aliphatic rings. The number of nitrogens with one attached hydrogen (secondary N) is 1. The van der Waals surface area contributed by atoms with E-state index >= 15 is 0 Å². The van der Waals surface area contributed by atoms with Crippen LogP contribution in [0.3, 0.4) is 0 Å². The molecule has 1 unspecified atom stereocenters. The fourth-order valence-electron chi connectivity index (χ4n) is 3.59. The highest BCUT2D eigenvalue weighted by atomic mass is 32.2. The van der Waals surface area contributed by atoms with Crippen molar-refractivity contribution >= 4 is 20.9 Å². The number of fused-ring (bicyclic) bond motifs is 1. The summed E-state index contributed by atoms with van der Waals surface area (Å²) in [7, 11) is 2.29. The van der Waals surface area contributed by atoms with E-state index in [0.717, 1.165) is 22.0 Å². The van der Waals surface area contributed by atoms with Crippen LogP contribution in [0.25, 0.3) is 10.9 Å². The van der Waals surface area contributed by atoms with Crippen molar-refractivity contribution in [2.45, 2.75) is 24.8 Å². The fourth-order valence-corrected chi connectivity index (χ4v) is 4.71. The molecule has 1 aromatic heterocycles. The summed E-state index contributed by atoms with van der Waals surface area (Å²) in [6.45, 7) is 4.57. The first-order valence-electron chi connectivity index (χ1n) is 9.68. The summed E-state index contributed by atoms with van der Waals surface area (Å²) in [5, 5.41) is 1.13. The molecule has 1 N–H and O–H groups in total. The van der Waals surface area contributed by atoms with Crippen LogP contribution in [0.4, 0.5) is 0 Å². The Morgan fingerprint density at radius 3 is 2.55 bits per heavy atom. The number of rotatable bonds is 8. The Morgan fingerprint density at radius 2 is 1.90 bits per heavy atom. The third-order valence-electron chi connectivity index (χ3n) is 5.13. The van der Waals surface area contributed by atoms with Crippen LogP contribution < -0.4 is 9.46 Å². The van der Waals surface area contributed by atoms with Gasteiger partial charge in [-0.3, -0.25) is 0 Å². The topological polar surface area (TPSA) is 63.6 Å². The lowest BCUT2D eigenvalue weighted by Crippen LogP contribution is -2.34. The van der Waals surface area contributed by atoms with Crippen LogP contribution in [0.1, 0.15) is 24.1 Å². The molecule has 0 amide bonds. The third-order valence-corrected chi connectivity index (χ3v) is 6.55. The highest BCUT2D eigenvalue weighted by Crippen LogP contribution is 2.29. The number of aromatic nitrogens is 1. The fraction of sp³-hybridized carbons (Fsp3) is 0.364. The van der Waals surface area contributed by atoms with E-state index < -0.39 is 10.0 Å². The smallest absolute Gasteiger partial charge is 0.240 e. The number of sulfonamides is 1. The molecular formula is C22H29N3O3S. The minimum Gasteiger partial charge on any atom is -0.494 e. The van der Waals surface area contributed by atoms with E-state index in [1.54, 1.807) is 18.2 Å². The molecule has 1 heterocycles. The van der Waals surface area contributed by atoms with Crippen molar-refractivity contribution < 1.29 is 13.2 Å². The predicted molar refractivity (Wildman–Crippen MR) is 117 cm³/mol. The number of para-hydroxylation sites is 1. The van der Waals surface area contributed by atoms with Crippen molar-refractivity contribution in [1.29, 1.82) is 0 Å². The van der Waals surface area contributed by atoms with E-state index in [0.29, 0.717) is 12.4 Å². The van der Waals surface area contributed by atoms with Gasteiger partial charge < -0.3 is 14.2 Å². The zero-order chi connectivity index (χ0) is 21.2. The predicted octanol–water partition coefficient (Wildman–Crippen LogP) is 3.47. The van der Waals surface area contributed by atoms with Crippen LogP contribution in [0, 0.1) is 6.92 Å². The van der Waals surface area contributed by atoms with Gasteiger partial charge in [-0.25, -0.2) is 13.1 Å². The molecule has 0 fully saturated rings. The summed E-state index contributed by atoms with van der Waals surface area (Å²) in [6, 6.07) is 13.0. The van der Waals surface area contributed by atoms with Gasteiger partial charge in [0.2, 0.25) is 10.0 Å². The second-order valence-electron chi connectivity index (χ2n) is 7.40. The summed E-state index contributed by atoms with van der Waals surface area (Å²) in [5.74, 6) is 0.702. The van der Waals surface area contributed by atoms with Crippen molar-refractivity contribution in [3.8, 4) is 5.75 Å². The molecule has 0 radical (unpaired) electrons. The Bertz CT molecular complexity index is 1100. The molecule has 0 aliphatic heterocycles. The number of hydrogen-bond donors (Lipinski definition) is 1.